The minimum atomic E-state index is -0.235. The van der Waals surface area contributed by atoms with Gasteiger partial charge in [0.2, 0.25) is 0 Å². The molecule has 0 radical (unpaired) electrons. The molecule has 0 spiro atoms. The Kier molecular flexibility index (Phi) is 29.5. The summed E-state index contributed by atoms with van der Waals surface area (Å²) in [6.07, 6.45) is 23.6. The molecule has 1 aromatic rings. The molecule has 0 aliphatic heterocycles. The van der Waals surface area contributed by atoms with E-state index < -0.39 is 0 Å². The van der Waals surface area contributed by atoms with E-state index in [-0.39, 0.29) is 15.7 Å². The highest BCUT2D eigenvalue weighted by molar-refractivity contribution is 6.26. The second-order valence-corrected chi connectivity index (χ2v) is 14.5. The van der Waals surface area contributed by atoms with Crippen molar-refractivity contribution in [2.24, 2.45) is 16.7 Å². The normalized spacial score (nSPS) is 18.1. The molecule has 50 heavy (non-hydrogen) atoms. The Labute approximate surface area is 320 Å². The van der Waals surface area contributed by atoms with Crippen molar-refractivity contribution < 1.29 is 0 Å². The largest absolute Gasteiger partial charge is 0.114 e. The van der Waals surface area contributed by atoms with Gasteiger partial charge in [-0.1, -0.05) is 187 Å². The Hall–Kier alpha value is -2.31. The topological polar surface area (TPSA) is 0 Å². The molecule has 1 heteroatoms. The lowest BCUT2D eigenvalue weighted by atomic mass is 9.64. The monoisotopic (exact) mass is 707 g/mol. The van der Waals surface area contributed by atoms with Crippen LogP contribution in [0.3, 0.4) is 0 Å². The van der Waals surface area contributed by atoms with Crippen LogP contribution in [-0.4, -0.2) is 4.87 Å². The molecule has 0 saturated carbocycles. The van der Waals surface area contributed by atoms with Crippen LogP contribution in [0, 0.1) is 16.7 Å². The van der Waals surface area contributed by atoms with Gasteiger partial charge in [-0.3, -0.25) is 0 Å². The van der Waals surface area contributed by atoms with Gasteiger partial charge in [0, 0.05) is 10.8 Å². The molecule has 0 aromatic heterocycles. The molecule has 2 atom stereocenters. The van der Waals surface area contributed by atoms with Crippen LogP contribution < -0.4 is 0 Å². The molecule has 0 N–H and O–H groups in total. The average molecular weight is 708 g/mol. The van der Waals surface area contributed by atoms with Crippen molar-refractivity contribution in [3.63, 3.8) is 0 Å². The zero-order valence-corrected chi connectivity index (χ0v) is 37.0. The lowest BCUT2D eigenvalue weighted by molar-refractivity contribution is 0.363. The van der Waals surface area contributed by atoms with Crippen LogP contribution in [0.15, 0.2) is 97.2 Å². The molecule has 0 heterocycles. The van der Waals surface area contributed by atoms with Crippen molar-refractivity contribution in [2.45, 2.75) is 173 Å². The number of rotatable bonds is 14. The van der Waals surface area contributed by atoms with Gasteiger partial charge >= 0.3 is 0 Å². The number of alkyl halides is 1. The number of benzene rings is 1. The first-order valence-corrected chi connectivity index (χ1v) is 20.5. The summed E-state index contributed by atoms with van der Waals surface area (Å²) in [7, 11) is 0. The Morgan fingerprint density at radius 3 is 1.74 bits per heavy atom. The summed E-state index contributed by atoms with van der Waals surface area (Å²) in [6, 6.07) is 8.77. The van der Waals surface area contributed by atoms with E-state index in [0.29, 0.717) is 5.92 Å². The average Bonchev–Trinajstić information content (AvgIpc) is 3.11. The maximum absolute atomic E-state index is 6.98. The molecule has 2 rings (SSSR count). The van der Waals surface area contributed by atoms with Crippen LogP contribution in [0.5, 0.6) is 0 Å². The van der Waals surface area contributed by atoms with Crippen molar-refractivity contribution >= 4 is 22.7 Å². The molecular formula is C49H83Cl. The van der Waals surface area contributed by atoms with E-state index in [1.165, 1.54) is 71.9 Å². The minimum Gasteiger partial charge on any atom is -0.114 e. The predicted octanol–water partition coefficient (Wildman–Crippen LogP) is 17.6. The van der Waals surface area contributed by atoms with Crippen LogP contribution in [0.1, 0.15) is 180 Å². The molecule has 0 fully saturated rings. The standard InChI is InChI=1S/C22H29Cl.C16H28.C7H14.2C2H6/c1-7-9-20-21(5,6)19(14-15-22(20,23)8-2)18-12-10-17(11-13-18)16(3)4;1-7-11-15(10-4)16(12-8-2,13-9-3)14(5)6;1-4-6-7(3)5-2;2*1-2/h9-14H,3,7-8,15H2,1-2,4-6H3;7,10-11H,5,8-9,12-13H2,1-4,6H3;5,7H,2,4,6H2,1,3H3;2*1-2H3/b20-9-;11-7-,15-10+;;;. The fourth-order valence-electron chi connectivity index (χ4n) is 6.95. The maximum Gasteiger partial charge on any atom is 0.0695 e. The zero-order chi connectivity index (χ0) is 39.6. The van der Waals surface area contributed by atoms with Gasteiger partial charge in [-0.25, -0.2) is 0 Å². The SMILES string of the molecule is C=C(C)C(CCC)(CCC)C(/C=C\C)=C/C.C=C(C)c1ccc(C2=CCC(Cl)(CC)/C(=C\CC)C2(C)C)cc1.C=CC(C)CCC.CC.CC. The van der Waals surface area contributed by atoms with Crippen molar-refractivity contribution in [1.82, 2.24) is 0 Å². The summed E-state index contributed by atoms with van der Waals surface area (Å²) in [5, 5.41) is 0. The van der Waals surface area contributed by atoms with Gasteiger partial charge < -0.3 is 0 Å². The Bertz CT molecular complexity index is 1190. The summed E-state index contributed by atoms with van der Waals surface area (Å²) in [6.45, 7) is 46.3. The summed E-state index contributed by atoms with van der Waals surface area (Å²) in [5.41, 5.74) is 9.25. The van der Waals surface area contributed by atoms with E-state index in [0.717, 1.165) is 24.8 Å². The van der Waals surface area contributed by atoms with Gasteiger partial charge in [0.25, 0.3) is 0 Å². The molecule has 2 unspecified atom stereocenters. The van der Waals surface area contributed by atoms with E-state index in [2.05, 4.69) is 151 Å². The number of hydrogen-bond acceptors (Lipinski definition) is 0. The third-order valence-electron chi connectivity index (χ3n) is 9.64. The van der Waals surface area contributed by atoms with Crippen LogP contribution in [-0.2, 0) is 0 Å². The number of allylic oxidation sites excluding steroid dienone is 11. The lowest BCUT2D eigenvalue weighted by Gasteiger charge is -2.44. The van der Waals surface area contributed by atoms with Crippen molar-refractivity contribution in [3.8, 4) is 0 Å². The van der Waals surface area contributed by atoms with Gasteiger partial charge in [0.15, 0.2) is 0 Å². The first-order chi connectivity index (χ1) is 23.7. The van der Waals surface area contributed by atoms with E-state index in [9.17, 15) is 0 Å². The van der Waals surface area contributed by atoms with Gasteiger partial charge in [-0.2, -0.15) is 0 Å². The Morgan fingerprint density at radius 2 is 1.42 bits per heavy atom. The molecule has 1 aromatic carbocycles. The van der Waals surface area contributed by atoms with Gasteiger partial charge in [-0.15, -0.1) is 18.2 Å². The van der Waals surface area contributed by atoms with E-state index >= 15 is 0 Å². The molecule has 286 valence electrons. The highest BCUT2D eigenvalue weighted by Gasteiger charge is 2.43. The molecular weight excluding hydrogens is 624 g/mol. The quantitative estimate of drug-likeness (QED) is 0.103. The van der Waals surface area contributed by atoms with Crippen LogP contribution in [0.25, 0.3) is 11.1 Å². The molecule has 0 saturated heterocycles. The summed E-state index contributed by atoms with van der Waals surface area (Å²) >= 11 is 6.98. The second kappa shape index (κ2) is 28.3. The minimum absolute atomic E-state index is 0.0449. The molecule has 1 aliphatic rings. The third kappa shape index (κ3) is 15.9. The van der Waals surface area contributed by atoms with E-state index in [1.807, 2.05) is 40.7 Å². The smallest absolute Gasteiger partial charge is 0.0695 e. The Morgan fingerprint density at radius 1 is 0.900 bits per heavy atom. The third-order valence-corrected chi connectivity index (χ3v) is 10.3. The number of halogens is 1. The van der Waals surface area contributed by atoms with Crippen molar-refractivity contribution in [1.29, 1.82) is 0 Å². The van der Waals surface area contributed by atoms with Crippen LogP contribution in [0.2, 0.25) is 0 Å². The molecule has 1 aliphatic carbocycles. The van der Waals surface area contributed by atoms with E-state index in [4.69, 9.17) is 11.6 Å². The fourth-order valence-corrected chi connectivity index (χ4v) is 7.34. The second-order valence-electron chi connectivity index (χ2n) is 13.8. The summed E-state index contributed by atoms with van der Waals surface area (Å²) in [4.78, 5) is -0.235. The summed E-state index contributed by atoms with van der Waals surface area (Å²) in [5.74, 6) is 0.713. The van der Waals surface area contributed by atoms with Gasteiger partial charge in [0.1, 0.15) is 0 Å². The predicted molar refractivity (Wildman–Crippen MR) is 237 cm³/mol. The Balaban J connectivity index is -0.000000710. The highest BCUT2D eigenvalue weighted by atomic mass is 35.5. The fraction of sp³-hybridized carbons (Fsp3) is 0.592. The van der Waals surface area contributed by atoms with Gasteiger partial charge in [0.05, 0.1) is 4.87 Å². The van der Waals surface area contributed by atoms with Gasteiger partial charge in [-0.05, 0) is 100.0 Å². The van der Waals surface area contributed by atoms with Crippen LogP contribution in [0.4, 0.5) is 0 Å². The lowest BCUT2D eigenvalue weighted by Crippen LogP contribution is -2.36. The molecule has 0 amide bonds. The summed E-state index contributed by atoms with van der Waals surface area (Å²) < 4.78 is 0. The number of hydrogen-bond donors (Lipinski definition) is 0. The highest BCUT2D eigenvalue weighted by Crippen LogP contribution is 2.54. The zero-order valence-electron chi connectivity index (χ0n) is 36.2. The maximum atomic E-state index is 6.98. The first-order valence-electron chi connectivity index (χ1n) is 20.1. The first kappa shape index (κ1) is 52.1. The van der Waals surface area contributed by atoms with Crippen molar-refractivity contribution in [2.75, 3.05) is 0 Å². The molecule has 0 nitrogen and oxygen atoms in total. The van der Waals surface area contributed by atoms with Crippen LogP contribution >= 0.6 is 11.6 Å². The van der Waals surface area contributed by atoms with E-state index in [1.54, 1.807) is 0 Å². The molecule has 0 bridgehead atoms. The van der Waals surface area contributed by atoms with Crippen molar-refractivity contribution in [3.05, 3.63) is 108 Å².